The molecule has 0 saturated heterocycles. The van der Waals surface area contributed by atoms with Gasteiger partial charge in [0.25, 0.3) is 11.6 Å². The van der Waals surface area contributed by atoms with E-state index in [0.29, 0.717) is 25.3 Å². The summed E-state index contributed by atoms with van der Waals surface area (Å²) in [6.45, 7) is 2.97. The Morgan fingerprint density at radius 1 is 1.28 bits per heavy atom. The van der Waals surface area contributed by atoms with Crippen LogP contribution in [0.25, 0.3) is 16.5 Å². The lowest BCUT2D eigenvalue weighted by atomic mass is 9.97. The van der Waals surface area contributed by atoms with Crippen LogP contribution in [0.1, 0.15) is 27.9 Å². The topological polar surface area (TPSA) is 88.5 Å². The van der Waals surface area contributed by atoms with E-state index in [2.05, 4.69) is 24.0 Å². The van der Waals surface area contributed by atoms with E-state index >= 15 is 0 Å². The summed E-state index contributed by atoms with van der Waals surface area (Å²) in [4.78, 5) is 28.8. The fourth-order valence-electron chi connectivity index (χ4n) is 3.81. The number of hydrogen-bond donors (Lipinski definition) is 1. The average molecular weight is 391 g/mol. The van der Waals surface area contributed by atoms with Crippen molar-refractivity contribution >= 4 is 28.1 Å². The third kappa shape index (κ3) is 3.35. The number of carbonyl (C=O) groups is 1. The van der Waals surface area contributed by atoms with E-state index in [1.165, 1.54) is 41.8 Å². The summed E-state index contributed by atoms with van der Waals surface area (Å²) in [5, 5.41) is 12.5. The molecule has 0 saturated carbocycles. The lowest BCUT2D eigenvalue weighted by Crippen LogP contribution is -2.35. The molecule has 1 aromatic heterocycles. The van der Waals surface area contributed by atoms with Gasteiger partial charge in [-0.1, -0.05) is 24.3 Å². The van der Waals surface area contributed by atoms with Gasteiger partial charge in [-0.15, -0.1) is 0 Å². The second-order valence-electron chi connectivity index (χ2n) is 7.07. The molecule has 0 unspecified atom stereocenters. The number of aromatic nitrogens is 1. The van der Waals surface area contributed by atoms with Gasteiger partial charge >= 0.3 is 0 Å². The first-order valence-electron chi connectivity index (χ1n) is 9.37. The molecule has 0 atom stereocenters. The highest BCUT2D eigenvalue weighted by atomic mass is 16.6. The molecule has 1 amide bonds. The number of rotatable bonds is 4. The monoisotopic (exact) mass is 391 g/mol. The molecule has 7 heteroatoms. The van der Waals surface area contributed by atoms with Gasteiger partial charge in [0.15, 0.2) is 0 Å². The zero-order chi connectivity index (χ0) is 20.5. The lowest BCUT2D eigenvalue weighted by molar-refractivity contribution is -0.385. The van der Waals surface area contributed by atoms with E-state index in [9.17, 15) is 14.9 Å². The van der Waals surface area contributed by atoms with Crippen LogP contribution in [-0.4, -0.2) is 40.9 Å². The van der Waals surface area contributed by atoms with E-state index in [0.717, 1.165) is 11.1 Å². The van der Waals surface area contributed by atoms with Gasteiger partial charge in [-0.2, -0.15) is 0 Å². The molecular weight excluding hydrogens is 370 g/mol. The molecular formula is C22H21N3O4. The predicted octanol–water partition coefficient (Wildman–Crippen LogP) is 4.32. The maximum absolute atomic E-state index is 13.0. The second kappa shape index (κ2) is 7.43. The van der Waals surface area contributed by atoms with Gasteiger partial charge in [0.05, 0.1) is 12.0 Å². The lowest BCUT2D eigenvalue weighted by Gasteiger charge is -2.26. The van der Waals surface area contributed by atoms with Gasteiger partial charge in [-0.25, -0.2) is 0 Å². The molecule has 0 spiro atoms. The summed E-state index contributed by atoms with van der Waals surface area (Å²) in [6, 6.07) is 10.4. The largest absolute Gasteiger partial charge is 0.497 e. The van der Waals surface area contributed by atoms with Crippen molar-refractivity contribution in [2.75, 3.05) is 20.2 Å². The number of nitro benzene ring substituents is 1. The van der Waals surface area contributed by atoms with Gasteiger partial charge in [0, 0.05) is 41.8 Å². The number of methoxy groups -OCH3 is 1. The minimum Gasteiger partial charge on any atom is -0.497 e. The number of amides is 1. The van der Waals surface area contributed by atoms with Gasteiger partial charge < -0.3 is 14.6 Å². The van der Waals surface area contributed by atoms with E-state index in [1.807, 2.05) is 18.3 Å². The number of fused-ring (bicyclic) bond motifs is 1. The van der Waals surface area contributed by atoms with Crippen molar-refractivity contribution in [1.82, 2.24) is 9.88 Å². The zero-order valence-corrected chi connectivity index (χ0v) is 16.3. The Morgan fingerprint density at radius 2 is 2.10 bits per heavy atom. The fourth-order valence-corrected chi connectivity index (χ4v) is 3.81. The summed E-state index contributed by atoms with van der Waals surface area (Å²) in [5.74, 6) is 0.0574. The molecule has 0 fully saturated rings. The third-order valence-corrected chi connectivity index (χ3v) is 5.40. The molecule has 1 N–H and O–H groups in total. The predicted molar refractivity (Wildman–Crippen MR) is 111 cm³/mol. The van der Waals surface area contributed by atoms with Crippen LogP contribution in [0.2, 0.25) is 0 Å². The first-order valence-corrected chi connectivity index (χ1v) is 9.37. The summed E-state index contributed by atoms with van der Waals surface area (Å²) in [6.07, 6.45) is 4.72. The van der Waals surface area contributed by atoms with Crippen molar-refractivity contribution in [2.24, 2.45) is 0 Å². The van der Waals surface area contributed by atoms with E-state index in [-0.39, 0.29) is 17.2 Å². The van der Waals surface area contributed by atoms with Crippen LogP contribution in [-0.2, 0) is 0 Å². The Balaban J connectivity index is 1.61. The second-order valence-corrected chi connectivity index (χ2v) is 7.07. The Morgan fingerprint density at radius 3 is 2.79 bits per heavy atom. The van der Waals surface area contributed by atoms with Gasteiger partial charge in [-0.05, 0) is 36.6 Å². The molecule has 2 heterocycles. The number of para-hydroxylation sites is 1. The standard InChI is InChI=1S/C22H21N3O4/c1-14-4-3-5-17-19(13-23-21(14)17)15-8-10-24(11-9-15)22(26)18-12-16(29-2)6-7-20(18)25(27)28/h3-8,12-13,23H,9-11H2,1-2H3. The van der Waals surface area contributed by atoms with Crippen LogP contribution < -0.4 is 4.74 Å². The van der Waals surface area contributed by atoms with E-state index < -0.39 is 4.92 Å². The average Bonchev–Trinajstić information content (AvgIpc) is 3.18. The highest BCUT2D eigenvalue weighted by Crippen LogP contribution is 2.32. The van der Waals surface area contributed by atoms with Crippen LogP contribution in [0.3, 0.4) is 0 Å². The zero-order valence-electron chi connectivity index (χ0n) is 16.3. The minimum absolute atomic E-state index is 0.0499. The fraction of sp³-hybridized carbons (Fsp3) is 0.227. The normalized spacial score (nSPS) is 14.0. The number of nitrogens with one attached hydrogen (secondary N) is 1. The van der Waals surface area contributed by atoms with Crippen molar-refractivity contribution < 1.29 is 14.5 Å². The number of nitro groups is 1. The van der Waals surface area contributed by atoms with Crippen LogP contribution in [0.15, 0.2) is 48.7 Å². The first kappa shape index (κ1) is 18.7. The third-order valence-electron chi connectivity index (χ3n) is 5.40. The molecule has 4 rings (SSSR count). The Bertz CT molecular complexity index is 1150. The number of aryl methyl sites for hydroxylation is 1. The molecule has 7 nitrogen and oxygen atoms in total. The highest BCUT2D eigenvalue weighted by Gasteiger charge is 2.27. The minimum atomic E-state index is -0.536. The molecule has 2 aromatic carbocycles. The molecule has 1 aliphatic rings. The summed E-state index contributed by atoms with van der Waals surface area (Å²) >= 11 is 0. The summed E-state index contributed by atoms with van der Waals surface area (Å²) < 4.78 is 5.13. The van der Waals surface area contributed by atoms with Crippen molar-refractivity contribution in [3.8, 4) is 5.75 Å². The molecule has 29 heavy (non-hydrogen) atoms. The quantitative estimate of drug-likeness (QED) is 0.530. The number of hydrogen-bond acceptors (Lipinski definition) is 4. The van der Waals surface area contributed by atoms with Crippen molar-refractivity contribution in [3.63, 3.8) is 0 Å². The molecule has 3 aromatic rings. The van der Waals surface area contributed by atoms with Crippen LogP contribution >= 0.6 is 0 Å². The number of benzene rings is 2. The Kier molecular flexibility index (Phi) is 4.80. The number of aromatic amines is 1. The highest BCUT2D eigenvalue weighted by molar-refractivity contribution is 5.99. The maximum atomic E-state index is 13.0. The summed E-state index contributed by atoms with van der Waals surface area (Å²) in [7, 11) is 1.47. The molecule has 148 valence electrons. The van der Waals surface area contributed by atoms with E-state index in [4.69, 9.17) is 4.74 Å². The van der Waals surface area contributed by atoms with Gasteiger partial charge in [0.2, 0.25) is 0 Å². The van der Waals surface area contributed by atoms with E-state index in [1.54, 1.807) is 4.90 Å². The first-order chi connectivity index (χ1) is 14.0. The number of carbonyl (C=O) groups excluding carboxylic acids is 1. The van der Waals surface area contributed by atoms with Crippen molar-refractivity contribution in [3.05, 3.63) is 75.5 Å². The SMILES string of the molecule is COc1ccc([N+](=O)[O-])c(C(=O)N2CC=C(c3c[nH]c4c(C)cccc34)CC2)c1. The van der Waals surface area contributed by atoms with Crippen LogP contribution in [0.5, 0.6) is 5.75 Å². The van der Waals surface area contributed by atoms with Crippen LogP contribution in [0, 0.1) is 17.0 Å². The van der Waals surface area contributed by atoms with Crippen LogP contribution in [0.4, 0.5) is 5.69 Å². The number of ether oxygens (including phenoxy) is 1. The maximum Gasteiger partial charge on any atom is 0.282 e. The van der Waals surface area contributed by atoms with Crippen molar-refractivity contribution in [1.29, 1.82) is 0 Å². The molecule has 1 aliphatic heterocycles. The molecule has 0 aliphatic carbocycles. The molecule has 0 bridgehead atoms. The smallest absolute Gasteiger partial charge is 0.282 e. The number of H-pyrrole nitrogens is 1. The molecule has 0 radical (unpaired) electrons. The van der Waals surface area contributed by atoms with Gasteiger partial charge in [-0.3, -0.25) is 14.9 Å². The van der Waals surface area contributed by atoms with Gasteiger partial charge in [0.1, 0.15) is 11.3 Å². The number of nitrogens with zero attached hydrogens (tertiary/aromatic N) is 2. The Labute approximate surface area is 167 Å². The van der Waals surface area contributed by atoms with Crippen molar-refractivity contribution in [2.45, 2.75) is 13.3 Å². The summed E-state index contributed by atoms with van der Waals surface area (Å²) in [5.41, 5.74) is 4.46. The Hall–Kier alpha value is -3.61.